The molecule has 0 aliphatic rings. The van der Waals surface area contributed by atoms with Gasteiger partial charge in [0, 0.05) is 13.1 Å². The normalized spacial score (nSPS) is 12.0. The van der Waals surface area contributed by atoms with Crippen molar-refractivity contribution in [3.05, 3.63) is 11.8 Å². The van der Waals surface area contributed by atoms with Crippen LogP contribution in [0, 0.1) is 6.92 Å². The fraction of sp³-hybridized carbons (Fsp3) is 0.643. The van der Waals surface area contributed by atoms with Gasteiger partial charge in [-0.15, -0.1) is 11.8 Å². The third-order valence-corrected chi connectivity index (χ3v) is 4.09. The fourth-order valence-corrected chi connectivity index (χ4v) is 2.82. The minimum atomic E-state index is -0.287. The van der Waals surface area contributed by atoms with Gasteiger partial charge in [0.2, 0.25) is 11.8 Å². The topological polar surface area (TPSA) is 75.4 Å². The lowest BCUT2D eigenvalue weighted by atomic mass is 10.4. The summed E-state index contributed by atoms with van der Waals surface area (Å²) in [6, 6.07) is 1.63. The number of thioether (sulfide) groups is 1. The van der Waals surface area contributed by atoms with Gasteiger partial charge < -0.3 is 14.7 Å². The van der Waals surface area contributed by atoms with E-state index in [1.165, 1.54) is 4.90 Å². The molecule has 0 saturated heterocycles. The number of anilines is 1. The van der Waals surface area contributed by atoms with Crippen LogP contribution in [0.25, 0.3) is 0 Å². The molecule has 1 atom stereocenters. The molecule has 0 aromatic carbocycles. The molecule has 2 amide bonds. The summed E-state index contributed by atoms with van der Waals surface area (Å²) in [6.45, 7) is 5.74. The number of rotatable bonds is 8. The first-order chi connectivity index (χ1) is 9.93. The van der Waals surface area contributed by atoms with Gasteiger partial charge in [-0.1, -0.05) is 18.5 Å². The molecule has 118 valence electrons. The molecule has 0 spiro atoms. The van der Waals surface area contributed by atoms with E-state index in [-0.39, 0.29) is 23.6 Å². The molecule has 6 nitrogen and oxygen atoms in total. The van der Waals surface area contributed by atoms with E-state index in [0.717, 1.165) is 18.6 Å². The third-order valence-electron chi connectivity index (χ3n) is 2.87. The summed E-state index contributed by atoms with van der Waals surface area (Å²) in [5.74, 6) is 1.62. The van der Waals surface area contributed by atoms with Crippen LogP contribution in [-0.2, 0) is 9.59 Å². The van der Waals surface area contributed by atoms with E-state index in [1.54, 1.807) is 31.8 Å². The van der Waals surface area contributed by atoms with Gasteiger partial charge in [0.05, 0.1) is 11.8 Å². The van der Waals surface area contributed by atoms with E-state index in [2.05, 4.69) is 17.4 Å². The molecule has 1 unspecified atom stereocenters. The van der Waals surface area contributed by atoms with Gasteiger partial charge in [0.25, 0.3) is 0 Å². The molecule has 0 radical (unpaired) electrons. The maximum Gasteiger partial charge on any atom is 0.245 e. The maximum absolute atomic E-state index is 12.1. The van der Waals surface area contributed by atoms with Crippen LogP contribution >= 0.6 is 11.8 Å². The van der Waals surface area contributed by atoms with Crippen molar-refractivity contribution in [1.29, 1.82) is 0 Å². The second-order valence-electron chi connectivity index (χ2n) is 4.93. The van der Waals surface area contributed by atoms with Crippen molar-refractivity contribution < 1.29 is 14.1 Å². The summed E-state index contributed by atoms with van der Waals surface area (Å²) in [4.78, 5) is 25.4. The Bertz CT molecular complexity index is 476. The van der Waals surface area contributed by atoms with Crippen LogP contribution in [-0.4, -0.2) is 46.5 Å². The van der Waals surface area contributed by atoms with E-state index in [1.807, 2.05) is 6.92 Å². The Morgan fingerprint density at radius 1 is 1.52 bits per heavy atom. The molecule has 0 fully saturated rings. The van der Waals surface area contributed by atoms with Crippen LogP contribution in [0.5, 0.6) is 0 Å². The average Bonchev–Trinajstić information content (AvgIpc) is 2.83. The molecule has 1 N–H and O–H groups in total. The van der Waals surface area contributed by atoms with Gasteiger partial charge in [-0.25, -0.2) is 0 Å². The number of hydrogen-bond donors (Lipinski definition) is 1. The minimum absolute atomic E-state index is 0.00339. The number of carbonyl (C=O) groups is 2. The molecule has 1 rings (SSSR count). The number of nitrogens with zero attached hydrogens (tertiary/aromatic N) is 2. The zero-order chi connectivity index (χ0) is 15.8. The summed E-state index contributed by atoms with van der Waals surface area (Å²) >= 11 is 1.62. The zero-order valence-electron chi connectivity index (χ0n) is 13.0. The van der Waals surface area contributed by atoms with Crippen molar-refractivity contribution in [2.45, 2.75) is 38.9 Å². The monoisotopic (exact) mass is 313 g/mol. The Hall–Kier alpha value is -1.50. The van der Waals surface area contributed by atoms with Crippen molar-refractivity contribution in [1.82, 2.24) is 10.1 Å². The van der Waals surface area contributed by atoms with Gasteiger partial charge in [-0.2, -0.15) is 0 Å². The smallest absolute Gasteiger partial charge is 0.245 e. The first kappa shape index (κ1) is 17.6. The maximum atomic E-state index is 12.1. The van der Waals surface area contributed by atoms with E-state index < -0.39 is 0 Å². The van der Waals surface area contributed by atoms with Crippen molar-refractivity contribution in [2.75, 3.05) is 24.7 Å². The van der Waals surface area contributed by atoms with E-state index in [4.69, 9.17) is 4.52 Å². The number of aromatic nitrogens is 1. The van der Waals surface area contributed by atoms with Crippen molar-refractivity contribution in [3.8, 4) is 0 Å². The Morgan fingerprint density at radius 3 is 2.81 bits per heavy atom. The molecule has 21 heavy (non-hydrogen) atoms. The number of unbranched alkanes of at least 4 members (excludes halogenated alkanes) is 1. The summed E-state index contributed by atoms with van der Waals surface area (Å²) in [6.07, 6.45) is 2.21. The highest BCUT2D eigenvalue weighted by molar-refractivity contribution is 8.00. The third kappa shape index (κ3) is 6.20. The number of hydrogen-bond acceptors (Lipinski definition) is 5. The Kier molecular flexibility index (Phi) is 7.28. The minimum Gasteiger partial charge on any atom is -0.360 e. The molecule has 0 bridgehead atoms. The van der Waals surface area contributed by atoms with Crippen LogP contribution in [0.3, 0.4) is 0 Å². The van der Waals surface area contributed by atoms with Crippen LogP contribution in [0.4, 0.5) is 5.82 Å². The quantitative estimate of drug-likeness (QED) is 0.745. The number of amides is 2. The Balaban J connectivity index is 2.38. The first-order valence-electron chi connectivity index (χ1n) is 7.03. The first-order valence-corrected chi connectivity index (χ1v) is 8.08. The average molecular weight is 313 g/mol. The molecule has 1 aromatic rings. The van der Waals surface area contributed by atoms with Gasteiger partial charge in [-0.3, -0.25) is 9.59 Å². The number of likely N-dealkylation sites (N-methyl/N-ethyl adjacent to an activating group) is 1. The van der Waals surface area contributed by atoms with Crippen molar-refractivity contribution >= 4 is 29.4 Å². The molecule has 0 saturated carbocycles. The molecule has 7 heteroatoms. The molecule has 0 aliphatic carbocycles. The molecule has 0 aliphatic heterocycles. The van der Waals surface area contributed by atoms with Crippen molar-refractivity contribution in [2.24, 2.45) is 0 Å². The summed E-state index contributed by atoms with van der Waals surface area (Å²) in [7, 11) is 1.63. The largest absolute Gasteiger partial charge is 0.360 e. The van der Waals surface area contributed by atoms with Crippen LogP contribution < -0.4 is 5.32 Å². The number of aryl methyl sites for hydroxylation is 1. The van der Waals surface area contributed by atoms with Gasteiger partial charge in [0.1, 0.15) is 5.76 Å². The van der Waals surface area contributed by atoms with Crippen molar-refractivity contribution in [3.63, 3.8) is 0 Å². The lowest BCUT2D eigenvalue weighted by molar-refractivity contribution is -0.132. The highest BCUT2D eigenvalue weighted by Gasteiger charge is 2.20. The molecule has 1 heterocycles. The van der Waals surface area contributed by atoms with Gasteiger partial charge in [0.15, 0.2) is 5.82 Å². The van der Waals surface area contributed by atoms with E-state index in [0.29, 0.717) is 11.6 Å². The molecular weight excluding hydrogens is 290 g/mol. The number of nitrogens with one attached hydrogen (secondary N) is 1. The second-order valence-corrected chi connectivity index (χ2v) is 6.38. The summed E-state index contributed by atoms with van der Waals surface area (Å²) in [5, 5.41) is 6.14. The summed E-state index contributed by atoms with van der Waals surface area (Å²) < 4.78 is 4.86. The molecule has 1 aromatic heterocycles. The number of carbonyl (C=O) groups excluding carboxylic acids is 2. The Morgan fingerprint density at radius 2 is 2.24 bits per heavy atom. The van der Waals surface area contributed by atoms with E-state index in [9.17, 15) is 9.59 Å². The van der Waals surface area contributed by atoms with Crippen LogP contribution in [0.15, 0.2) is 10.6 Å². The zero-order valence-corrected chi connectivity index (χ0v) is 13.8. The lowest BCUT2D eigenvalue weighted by Crippen LogP contribution is -2.39. The Labute approximate surface area is 129 Å². The van der Waals surface area contributed by atoms with Crippen LogP contribution in [0.1, 0.15) is 32.4 Å². The predicted octanol–water partition coefficient (Wildman–Crippen LogP) is 2.30. The lowest BCUT2D eigenvalue weighted by Gasteiger charge is -2.20. The van der Waals surface area contributed by atoms with Gasteiger partial charge >= 0.3 is 0 Å². The molecular formula is C14H23N3O3S. The SMILES string of the molecule is CCCCSC(C)C(=O)N(C)CC(=O)Nc1cc(C)on1. The fourth-order valence-electron chi connectivity index (χ4n) is 1.69. The summed E-state index contributed by atoms with van der Waals surface area (Å²) in [5.41, 5.74) is 0. The van der Waals surface area contributed by atoms with Gasteiger partial charge in [-0.05, 0) is 26.0 Å². The predicted molar refractivity (Wildman–Crippen MR) is 84.3 cm³/mol. The van der Waals surface area contributed by atoms with Crippen LogP contribution in [0.2, 0.25) is 0 Å². The second kappa shape index (κ2) is 8.71. The van der Waals surface area contributed by atoms with E-state index >= 15 is 0 Å². The highest BCUT2D eigenvalue weighted by atomic mass is 32.2. The highest BCUT2D eigenvalue weighted by Crippen LogP contribution is 2.15. The standard InChI is InChI=1S/C14H23N3O3S/c1-5-6-7-21-11(3)14(19)17(4)9-13(18)15-12-8-10(2)20-16-12/h8,11H,5-7,9H2,1-4H3,(H,15,16,18).